The Balaban J connectivity index is 1.68. The molecule has 1 aromatic carbocycles. The van der Waals surface area contributed by atoms with Crippen LogP contribution in [0.2, 0.25) is 0 Å². The molecule has 0 atom stereocenters. The van der Waals surface area contributed by atoms with Crippen molar-refractivity contribution in [1.82, 2.24) is 15.1 Å². The van der Waals surface area contributed by atoms with Gasteiger partial charge >= 0.3 is 0 Å². The molecular formula is C18H27N3. The van der Waals surface area contributed by atoms with E-state index in [0.717, 1.165) is 19.6 Å². The Kier molecular flexibility index (Phi) is 4.29. The van der Waals surface area contributed by atoms with Gasteiger partial charge in [0, 0.05) is 25.0 Å². The molecule has 0 spiro atoms. The fraction of sp³-hybridized carbons (Fsp3) is 0.611. The maximum absolute atomic E-state index is 4.77. The van der Waals surface area contributed by atoms with Crippen molar-refractivity contribution >= 4 is 10.9 Å². The van der Waals surface area contributed by atoms with E-state index in [2.05, 4.69) is 48.1 Å². The Morgan fingerprint density at radius 3 is 2.71 bits per heavy atom. The van der Waals surface area contributed by atoms with Crippen LogP contribution < -0.4 is 5.32 Å². The van der Waals surface area contributed by atoms with Crippen LogP contribution in [0, 0.1) is 5.41 Å². The van der Waals surface area contributed by atoms with E-state index in [1.807, 2.05) is 0 Å². The molecule has 1 saturated carbocycles. The molecule has 3 nitrogen and oxygen atoms in total. The monoisotopic (exact) mass is 285 g/mol. The van der Waals surface area contributed by atoms with Crippen LogP contribution in [0.3, 0.4) is 0 Å². The molecule has 1 N–H and O–H groups in total. The van der Waals surface area contributed by atoms with Gasteiger partial charge in [0.2, 0.25) is 0 Å². The lowest BCUT2D eigenvalue weighted by molar-refractivity contribution is 0.207. The van der Waals surface area contributed by atoms with Gasteiger partial charge in [-0.1, -0.05) is 44.4 Å². The van der Waals surface area contributed by atoms with Crippen LogP contribution in [0.1, 0.15) is 51.6 Å². The molecule has 0 bridgehead atoms. The first kappa shape index (κ1) is 14.6. The Labute approximate surface area is 127 Å². The summed E-state index contributed by atoms with van der Waals surface area (Å²) >= 11 is 0. The van der Waals surface area contributed by atoms with Crippen LogP contribution in [0.5, 0.6) is 0 Å². The van der Waals surface area contributed by atoms with Gasteiger partial charge in [-0.3, -0.25) is 4.68 Å². The van der Waals surface area contributed by atoms with E-state index < -0.39 is 0 Å². The number of rotatable bonds is 5. The molecule has 1 aliphatic carbocycles. The third-order valence-corrected chi connectivity index (χ3v) is 4.94. The molecule has 1 fully saturated rings. The van der Waals surface area contributed by atoms with E-state index >= 15 is 0 Å². The zero-order valence-electron chi connectivity index (χ0n) is 13.4. The zero-order chi connectivity index (χ0) is 14.7. The molecule has 3 rings (SSSR count). The van der Waals surface area contributed by atoms with Crippen molar-refractivity contribution < 1.29 is 0 Å². The Bertz CT molecular complexity index is 594. The van der Waals surface area contributed by atoms with Gasteiger partial charge in [0.15, 0.2) is 0 Å². The number of nitrogens with zero attached hydrogens (tertiary/aromatic N) is 2. The number of aromatic nitrogens is 2. The van der Waals surface area contributed by atoms with Crippen molar-refractivity contribution in [3.05, 3.63) is 30.0 Å². The average Bonchev–Trinajstić information content (AvgIpc) is 2.86. The number of para-hydroxylation sites is 1. The van der Waals surface area contributed by atoms with Gasteiger partial charge in [-0.2, -0.15) is 5.10 Å². The van der Waals surface area contributed by atoms with Gasteiger partial charge in [-0.05, 0) is 31.2 Å². The quantitative estimate of drug-likeness (QED) is 0.895. The van der Waals surface area contributed by atoms with Gasteiger partial charge in [0.1, 0.15) is 0 Å². The first-order chi connectivity index (χ1) is 10.2. The number of fused-ring (bicyclic) bond motifs is 1. The number of nitrogens with one attached hydrogen (secondary N) is 1. The predicted molar refractivity (Wildman–Crippen MR) is 88.3 cm³/mol. The fourth-order valence-corrected chi connectivity index (χ4v) is 3.63. The molecule has 0 unspecified atom stereocenters. The standard InChI is InChI=1S/C18H27N3/c1-3-21-17-10-6-5-9-15(17)16(20-21)13-19-14-18(2)11-7-4-8-12-18/h5-6,9-10,19H,3-4,7-8,11-14H2,1-2H3. The highest BCUT2D eigenvalue weighted by Crippen LogP contribution is 2.35. The summed E-state index contributed by atoms with van der Waals surface area (Å²) in [5, 5.41) is 9.73. The molecule has 1 aromatic heterocycles. The largest absolute Gasteiger partial charge is 0.311 e. The van der Waals surface area contributed by atoms with Gasteiger partial charge in [0.25, 0.3) is 0 Å². The minimum Gasteiger partial charge on any atom is -0.311 e. The molecule has 0 aliphatic heterocycles. The predicted octanol–water partition coefficient (Wildman–Crippen LogP) is 4.12. The molecule has 1 heterocycles. The van der Waals surface area contributed by atoms with E-state index in [-0.39, 0.29) is 0 Å². The summed E-state index contributed by atoms with van der Waals surface area (Å²) in [4.78, 5) is 0. The fourth-order valence-electron chi connectivity index (χ4n) is 3.63. The number of hydrogen-bond acceptors (Lipinski definition) is 2. The Morgan fingerprint density at radius 2 is 1.95 bits per heavy atom. The van der Waals surface area contributed by atoms with Crippen molar-refractivity contribution in [3.63, 3.8) is 0 Å². The maximum atomic E-state index is 4.77. The topological polar surface area (TPSA) is 29.9 Å². The van der Waals surface area contributed by atoms with Crippen molar-refractivity contribution in [3.8, 4) is 0 Å². The van der Waals surface area contributed by atoms with Crippen LogP contribution in [-0.2, 0) is 13.1 Å². The van der Waals surface area contributed by atoms with Gasteiger partial charge in [-0.15, -0.1) is 0 Å². The minimum atomic E-state index is 0.487. The third kappa shape index (κ3) is 3.13. The second-order valence-electron chi connectivity index (χ2n) is 6.75. The molecule has 2 aromatic rings. The molecule has 21 heavy (non-hydrogen) atoms. The maximum Gasteiger partial charge on any atom is 0.0841 e. The van der Waals surface area contributed by atoms with Crippen molar-refractivity contribution in [1.29, 1.82) is 0 Å². The SMILES string of the molecule is CCn1nc(CNCC2(C)CCCCC2)c2ccccc21. The smallest absolute Gasteiger partial charge is 0.0841 e. The van der Waals surface area contributed by atoms with Crippen LogP contribution in [0.15, 0.2) is 24.3 Å². The van der Waals surface area contributed by atoms with Gasteiger partial charge in [0.05, 0.1) is 11.2 Å². The summed E-state index contributed by atoms with van der Waals surface area (Å²) in [5.41, 5.74) is 2.93. The minimum absolute atomic E-state index is 0.487. The van der Waals surface area contributed by atoms with Crippen molar-refractivity contribution in [2.75, 3.05) is 6.54 Å². The van der Waals surface area contributed by atoms with E-state index in [1.54, 1.807) is 0 Å². The summed E-state index contributed by atoms with van der Waals surface area (Å²) in [6.07, 6.45) is 6.94. The van der Waals surface area contributed by atoms with E-state index in [4.69, 9.17) is 5.10 Å². The average molecular weight is 285 g/mol. The third-order valence-electron chi connectivity index (χ3n) is 4.94. The van der Waals surface area contributed by atoms with Crippen LogP contribution in [0.25, 0.3) is 10.9 Å². The molecular weight excluding hydrogens is 258 g/mol. The van der Waals surface area contributed by atoms with E-state index in [0.29, 0.717) is 5.41 Å². The summed E-state index contributed by atoms with van der Waals surface area (Å²) in [6.45, 7) is 7.50. The number of aryl methyl sites for hydroxylation is 1. The first-order valence-corrected chi connectivity index (χ1v) is 8.37. The second-order valence-corrected chi connectivity index (χ2v) is 6.75. The zero-order valence-corrected chi connectivity index (χ0v) is 13.4. The number of hydrogen-bond donors (Lipinski definition) is 1. The lowest BCUT2D eigenvalue weighted by Gasteiger charge is -2.33. The summed E-state index contributed by atoms with van der Waals surface area (Å²) in [6, 6.07) is 8.55. The van der Waals surface area contributed by atoms with Gasteiger partial charge < -0.3 is 5.32 Å². The Morgan fingerprint density at radius 1 is 1.19 bits per heavy atom. The van der Waals surface area contributed by atoms with E-state index in [1.165, 1.54) is 48.7 Å². The van der Waals surface area contributed by atoms with Crippen LogP contribution in [0.4, 0.5) is 0 Å². The summed E-state index contributed by atoms with van der Waals surface area (Å²) < 4.78 is 2.11. The van der Waals surface area contributed by atoms with Crippen molar-refractivity contribution in [2.24, 2.45) is 5.41 Å². The highest BCUT2D eigenvalue weighted by molar-refractivity contribution is 5.81. The highest BCUT2D eigenvalue weighted by Gasteiger charge is 2.26. The van der Waals surface area contributed by atoms with Crippen molar-refractivity contribution in [2.45, 2.75) is 59.0 Å². The highest BCUT2D eigenvalue weighted by atomic mass is 15.3. The van der Waals surface area contributed by atoms with Gasteiger partial charge in [-0.25, -0.2) is 0 Å². The second kappa shape index (κ2) is 6.18. The van der Waals surface area contributed by atoms with E-state index in [9.17, 15) is 0 Å². The van der Waals surface area contributed by atoms with Crippen LogP contribution in [-0.4, -0.2) is 16.3 Å². The summed E-state index contributed by atoms with van der Waals surface area (Å²) in [5.74, 6) is 0. The molecule has 0 amide bonds. The molecule has 3 heteroatoms. The molecule has 0 saturated heterocycles. The Hall–Kier alpha value is -1.35. The summed E-state index contributed by atoms with van der Waals surface area (Å²) in [7, 11) is 0. The molecule has 1 aliphatic rings. The molecule has 114 valence electrons. The number of benzene rings is 1. The van der Waals surface area contributed by atoms with Crippen LogP contribution >= 0.6 is 0 Å². The lowest BCUT2D eigenvalue weighted by atomic mass is 9.76. The molecule has 0 radical (unpaired) electrons. The first-order valence-electron chi connectivity index (χ1n) is 8.37. The normalized spacial score (nSPS) is 18.2. The lowest BCUT2D eigenvalue weighted by Crippen LogP contribution is -2.33.